The molecular formula is C18H22FNO3. The third-order valence-corrected chi connectivity index (χ3v) is 3.44. The van der Waals surface area contributed by atoms with E-state index in [2.05, 4.69) is 5.92 Å². The number of carbonyl (C=O) groups is 2. The van der Waals surface area contributed by atoms with Gasteiger partial charge in [0, 0.05) is 26.0 Å². The van der Waals surface area contributed by atoms with Crippen molar-refractivity contribution in [3.8, 4) is 18.1 Å². The van der Waals surface area contributed by atoms with E-state index in [1.54, 1.807) is 20.0 Å². The van der Waals surface area contributed by atoms with E-state index in [9.17, 15) is 14.0 Å². The molecule has 0 aliphatic heterocycles. The third kappa shape index (κ3) is 6.52. The minimum absolute atomic E-state index is 0.126. The molecule has 4 nitrogen and oxygen atoms in total. The molecule has 0 N–H and O–H groups in total. The lowest BCUT2D eigenvalue weighted by atomic mass is 10.1. The molecule has 1 rings (SSSR count). The van der Waals surface area contributed by atoms with Gasteiger partial charge in [-0.1, -0.05) is 0 Å². The summed E-state index contributed by atoms with van der Waals surface area (Å²) < 4.78 is 18.7. The summed E-state index contributed by atoms with van der Waals surface area (Å²) in [7, 11) is 1.57. The van der Waals surface area contributed by atoms with Crippen LogP contribution in [0.5, 0.6) is 5.75 Å². The number of nitrogens with zero attached hydrogens (tertiary/aromatic N) is 1. The molecule has 0 aliphatic rings. The van der Waals surface area contributed by atoms with Crippen LogP contribution < -0.4 is 4.74 Å². The molecule has 1 aromatic carbocycles. The number of amides is 1. The van der Waals surface area contributed by atoms with Crippen LogP contribution in [0.4, 0.5) is 4.39 Å². The standard InChI is InChI=1S/C18H22FNO3/c1-4-7-16(13-21)20(3)18(22)8-5-6-9-23-17-11-14(2)10-15(19)12-17/h1,10-13,16H,5-9H2,2-3H3. The molecular weight excluding hydrogens is 297 g/mol. The van der Waals surface area contributed by atoms with Crippen LogP contribution >= 0.6 is 0 Å². The van der Waals surface area contributed by atoms with Gasteiger partial charge in [0.25, 0.3) is 0 Å². The fourth-order valence-corrected chi connectivity index (χ4v) is 2.11. The fraction of sp³-hybridized carbons (Fsp3) is 0.444. The zero-order valence-electron chi connectivity index (χ0n) is 13.5. The second-order valence-electron chi connectivity index (χ2n) is 5.39. The van der Waals surface area contributed by atoms with Gasteiger partial charge in [0.05, 0.1) is 12.6 Å². The number of aryl methyl sites for hydroxylation is 1. The molecule has 1 aromatic rings. The number of hydrogen-bond acceptors (Lipinski definition) is 3. The van der Waals surface area contributed by atoms with Gasteiger partial charge in [-0.15, -0.1) is 12.3 Å². The van der Waals surface area contributed by atoms with Gasteiger partial charge in [0.1, 0.15) is 17.9 Å². The number of hydrogen-bond donors (Lipinski definition) is 0. The van der Waals surface area contributed by atoms with Crippen molar-refractivity contribution in [2.24, 2.45) is 0 Å². The molecule has 0 aliphatic carbocycles. The van der Waals surface area contributed by atoms with Crippen LogP contribution in [0.15, 0.2) is 18.2 Å². The maximum Gasteiger partial charge on any atom is 0.222 e. The van der Waals surface area contributed by atoms with Gasteiger partial charge in [-0.05, 0) is 37.5 Å². The molecule has 1 unspecified atom stereocenters. The first-order valence-corrected chi connectivity index (χ1v) is 7.52. The summed E-state index contributed by atoms with van der Waals surface area (Å²) in [5.74, 6) is 2.41. The maximum absolute atomic E-state index is 13.2. The molecule has 5 heteroatoms. The van der Waals surface area contributed by atoms with Gasteiger partial charge in [0.2, 0.25) is 5.91 Å². The van der Waals surface area contributed by atoms with E-state index in [0.717, 1.165) is 5.56 Å². The summed E-state index contributed by atoms with van der Waals surface area (Å²) in [6.45, 7) is 2.20. The number of likely N-dealkylation sites (N-methyl/N-ethyl adjacent to an activating group) is 1. The molecule has 0 bridgehead atoms. The molecule has 1 atom stereocenters. The Kier molecular flexibility index (Phi) is 7.82. The summed E-state index contributed by atoms with van der Waals surface area (Å²) in [5.41, 5.74) is 0.797. The molecule has 0 radical (unpaired) electrons. The Morgan fingerprint density at radius 2 is 2.17 bits per heavy atom. The Morgan fingerprint density at radius 1 is 1.43 bits per heavy atom. The van der Waals surface area contributed by atoms with Crippen molar-refractivity contribution < 1.29 is 18.7 Å². The molecule has 0 heterocycles. The van der Waals surface area contributed by atoms with Crippen molar-refractivity contribution in [3.63, 3.8) is 0 Å². The minimum Gasteiger partial charge on any atom is -0.493 e. The summed E-state index contributed by atoms with van der Waals surface area (Å²) in [4.78, 5) is 24.2. The van der Waals surface area contributed by atoms with E-state index in [4.69, 9.17) is 11.2 Å². The van der Waals surface area contributed by atoms with Crippen LogP contribution in [-0.2, 0) is 9.59 Å². The highest BCUT2D eigenvalue weighted by atomic mass is 19.1. The monoisotopic (exact) mass is 319 g/mol. The Hall–Kier alpha value is -2.35. The first-order valence-electron chi connectivity index (χ1n) is 7.52. The van der Waals surface area contributed by atoms with Crippen molar-refractivity contribution in [3.05, 3.63) is 29.6 Å². The second kappa shape index (κ2) is 9.62. The topological polar surface area (TPSA) is 46.6 Å². The van der Waals surface area contributed by atoms with Crippen LogP contribution in [0.1, 0.15) is 31.2 Å². The lowest BCUT2D eigenvalue weighted by molar-refractivity contribution is -0.134. The predicted octanol–water partition coefficient (Wildman–Crippen LogP) is 2.73. The number of terminal acetylenes is 1. The highest BCUT2D eigenvalue weighted by Crippen LogP contribution is 2.16. The van der Waals surface area contributed by atoms with E-state index in [0.29, 0.717) is 37.9 Å². The number of aldehydes is 1. The summed E-state index contributed by atoms with van der Waals surface area (Å²) >= 11 is 0. The van der Waals surface area contributed by atoms with E-state index in [1.807, 2.05) is 0 Å². The summed E-state index contributed by atoms with van der Waals surface area (Å²) in [6.07, 6.45) is 7.68. The van der Waals surface area contributed by atoms with Gasteiger partial charge >= 0.3 is 0 Å². The maximum atomic E-state index is 13.2. The SMILES string of the molecule is C#CCC(C=O)N(C)C(=O)CCCCOc1cc(C)cc(F)c1. The smallest absolute Gasteiger partial charge is 0.222 e. The van der Waals surface area contributed by atoms with E-state index in [1.165, 1.54) is 17.0 Å². The van der Waals surface area contributed by atoms with Crippen LogP contribution in [0.25, 0.3) is 0 Å². The Morgan fingerprint density at radius 3 is 2.78 bits per heavy atom. The van der Waals surface area contributed by atoms with E-state index < -0.39 is 6.04 Å². The van der Waals surface area contributed by atoms with Crippen LogP contribution in [0, 0.1) is 25.1 Å². The van der Waals surface area contributed by atoms with Crippen molar-refractivity contribution in [2.45, 2.75) is 38.6 Å². The molecule has 0 aromatic heterocycles. The number of halogens is 1. The van der Waals surface area contributed by atoms with Gasteiger partial charge in [0.15, 0.2) is 0 Å². The molecule has 0 fully saturated rings. The zero-order chi connectivity index (χ0) is 17.2. The molecule has 124 valence electrons. The minimum atomic E-state index is -0.570. The number of rotatable bonds is 9. The normalized spacial score (nSPS) is 11.4. The first kappa shape index (κ1) is 18.7. The number of benzene rings is 1. The zero-order valence-corrected chi connectivity index (χ0v) is 13.5. The summed E-state index contributed by atoms with van der Waals surface area (Å²) in [5, 5.41) is 0. The van der Waals surface area contributed by atoms with Gasteiger partial charge < -0.3 is 14.4 Å². The largest absolute Gasteiger partial charge is 0.493 e. The Bertz CT molecular complexity index is 560. The predicted molar refractivity (Wildman–Crippen MR) is 86.6 cm³/mol. The average molecular weight is 319 g/mol. The van der Waals surface area contributed by atoms with Crippen molar-refractivity contribution in [2.75, 3.05) is 13.7 Å². The highest BCUT2D eigenvalue weighted by Gasteiger charge is 2.17. The number of ether oxygens (including phenoxy) is 1. The van der Waals surface area contributed by atoms with Crippen LogP contribution in [-0.4, -0.2) is 36.8 Å². The van der Waals surface area contributed by atoms with E-state index in [-0.39, 0.29) is 18.1 Å². The second-order valence-corrected chi connectivity index (χ2v) is 5.39. The fourth-order valence-electron chi connectivity index (χ4n) is 2.11. The molecule has 23 heavy (non-hydrogen) atoms. The average Bonchev–Trinajstić information content (AvgIpc) is 2.50. The molecule has 0 saturated carbocycles. The van der Waals surface area contributed by atoms with Crippen molar-refractivity contribution in [1.82, 2.24) is 4.90 Å². The quantitative estimate of drug-likeness (QED) is 0.399. The van der Waals surface area contributed by atoms with Gasteiger partial charge in [-0.25, -0.2) is 4.39 Å². The lowest BCUT2D eigenvalue weighted by Gasteiger charge is -2.22. The molecule has 1 amide bonds. The highest BCUT2D eigenvalue weighted by molar-refractivity contribution is 5.79. The van der Waals surface area contributed by atoms with E-state index >= 15 is 0 Å². The third-order valence-electron chi connectivity index (χ3n) is 3.44. The lowest BCUT2D eigenvalue weighted by Crippen LogP contribution is -2.37. The summed E-state index contributed by atoms with van der Waals surface area (Å²) in [6, 6.07) is 3.96. The van der Waals surface area contributed by atoms with Gasteiger partial charge in [-0.3, -0.25) is 4.79 Å². The van der Waals surface area contributed by atoms with Gasteiger partial charge in [-0.2, -0.15) is 0 Å². The molecule has 0 saturated heterocycles. The van der Waals surface area contributed by atoms with Crippen LogP contribution in [0.3, 0.4) is 0 Å². The molecule has 0 spiro atoms. The van der Waals surface area contributed by atoms with Crippen molar-refractivity contribution in [1.29, 1.82) is 0 Å². The first-order chi connectivity index (χ1) is 11.0. The van der Waals surface area contributed by atoms with Crippen molar-refractivity contribution >= 4 is 12.2 Å². The number of carbonyl (C=O) groups excluding carboxylic acids is 2. The van der Waals surface area contributed by atoms with Crippen LogP contribution in [0.2, 0.25) is 0 Å². The Labute approximate surface area is 136 Å². The number of unbranched alkanes of at least 4 members (excludes halogenated alkanes) is 1. The Balaban J connectivity index is 2.30.